The van der Waals surface area contributed by atoms with E-state index in [0.29, 0.717) is 5.56 Å². The first-order valence-corrected chi connectivity index (χ1v) is 9.96. The number of rotatable bonds is 5. The number of carbonyl (C=O) groups is 1. The van der Waals surface area contributed by atoms with Crippen LogP contribution < -0.4 is 10.6 Å². The molecule has 0 aliphatic rings. The zero-order valence-corrected chi connectivity index (χ0v) is 17.3. The van der Waals surface area contributed by atoms with Crippen LogP contribution in [0, 0.1) is 13.8 Å². The molecule has 4 aromatic rings. The van der Waals surface area contributed by atoms with Gasteiger partial charge >= 0.3 is 0 Å². The van der Waals surface area contributed by atoms with Gasteiger partial charge in [0.1, 0.15) is 12.1 Å². The summed E-state index contributed by atoms with van der Waals surface area (Å²) in [6.45, 7) is 6.12. The number of nitrogens with zero attached hydrogens (tertiary/aromatic N) is 2. The van der Waals surface area contributed by atoms with Crippen LogP contribution in [0.3, 0.4) is 0 Å². The van der Waals surface area contributed by atoms with E-state index in [1.165, 1.54) is 5.56 Å². The van der Waals surface area contributed by atoms with E-state index in [1.54, 1.807) is 6.33 Å². The largest absolute Gasteiger partial charge is 0.363 e. The van der Waals surface area contributed by atoms with Gasteiger partial charge in [-0.1, -0.05) is 30.3 Å². The maximum Gasteiger partial charge on any atom is 0.255 e. The Morgan fingerprint density at radius 3 is 2.57 bits per heavy atom. The van der Waals surface area contributed by atoms with Crippen LogP contribution in [0.5, 0.6) is 0 Å². The Balaban J connectivity index is 1.52. The first-order valence-electron chi connectivity index (χ1n) is 9.96. The molecule has 5 nitrogen and oxygen atoms in total. The quantitative estimate of drug-likeness (QED) is 0.456. The van der Waals surface area contributed by atoms with E-state index >= 15 is 0 Å². The molecule has 0 unspecified atom stereocenters. The van der Waals surface area contributed by atoms with Crippen molar-refractivity contribution >= 4 is 28.3 Å². The third kappa shape index (κ3) is 4.15. The Morgan fingerprint density at radius 1 is 0.900 bits per heavy atom. The highest BCUT2D eigenvalue weighted by atomic mass is 16.1. The molecule has 1 aromatic heterocycles. The third-order valence-electron chi connectivity index (χ3n) is 5.31. The third-order valence-corrected chi connectivity index (χ3v) is 5.31. The fourth-order valence-electron chi connectivity index (χ4n) is 3.38. The van der Waals surface area contributed by atoms with Crippen molar-refractivity contribution in [3.05, 3.63) is 95.3 Å². The second kappa shape index (κ2) is 8.33. The molecule has 1 amide bonds. The number of anilines is 2. The lowest BCUT2D eigenvalue weighted by Gasteiger charge is -2.17. The van der Waals surface area contributed by atoms with E-state index in [9.17, 15) is 4.79 Å². The lowest BCUT2D eigenvalue weighted by molar-refractivity contribution is 0.102. The van der Waals surface area contributed by atoms with E-state index < -0.39 is 0 Å². The Bertz CT molecular complexity index is 1210. The molecule has 1 heterocycles. The minimum atomic E-state index is -0.113. The number of hydrogen-bond acceptors (Lipinski definition) is 4. The van der Waals surface area contributed by atoms with Gasteiger partial charge in [0.2, 0.25) is 0 Å². The fraction of sp³-hybridized carbons (Fsp3) is 0.160. The normalized spacial score (nSPS) is 11.8. The number of aromatic nitrogens is 2. The van der Waals surface area contributed by atoms with Crippen LogP contribution in [0.2, 0.25) is 0 Å². The van der Waals surface area contributed by atoms with E-state index in [4.69, 9.17) is 0 Å². The van der Waals surface area contributed by atoms with Gasteiger partial charge in [0.25, 0.3) is 5.91 Å². The Labute approximate surface area is 176 Å². The molecule has 0 saturated heterocycles. The Morgan fingerprint density at radius 2 is 1.73 bits per heavy atom. The van der Waals surface area contributed by atoms with Gasteiger partial charge in [0.15, 0.2) is 0 Å². The van der Waals surface area contributed by atoms with Gasteiger partial charge in [-0.05, 0) is 73.9 Å². The molecule has 0 bridgehead atoms. The number of aryl methyl sites for hydroxylation is 2. The van der Waals surface area contributed by atoms with Crippen LogP contribution in [0.15, 0.2) is 73.1 Å². The maximum absolute atomic E-state index is 12.7. The van der Waals surface area contributed by atoms with Crippen LogP contribution in [0.1, 0.15) is 40.0 Å². The second-order valence-electron chi connectivity index (χ2n) is 7.48. The van der Waals surface area contributed by atoms with Gasteiger partial charge in [0.05, 0.1) is 11.6 Å². The molecule has 150 valence electrons. The van der Waals surface area contributed by atoms with Crippen LogP contribution in [-0.2, 0) is 0 Å². The zero-order chi connectivity index (χ0) is 21.1. The number of benzene rings is 3. The predicted molar refractivity (Wildman–Crippen MR) is 122 cm³/mol. The summed E-state index contributed by atoms with van der Waals surface area (Å²) in [5, 5.41) is 7.44. The molecule has 4 rings (SSSR count). The number of para-hydroxylation sites is 1. The number of nitrogens with one attached hydrogen (secondary N) is 2. The first kappa shape index (κ1) is 19.6. The van der Waals surface area contributed by atoms with Crippen molar-refractivity contribution in [2.24, 2.45) is 0 Å². The van der Waals surface area contributed by atoms with E-state index in [0.717, 1.165) is 33.5 Å². The van der Waals surface area contributed by atoms with Crippen molar-refractivity contribution in [1.29, 1.82) is 0 Å². The summed E-state index contributed by atoms with van der Waals surface area (Å²) >= 11 is 0. The van der Waals surface area contributed by atoms with Gasteiger partial charge in [-0.15, -0.1) is 0 Å². The molecule has 30 heavy (non-hydrogen) atoms. The Kier molecular flexibility index (Phi) is 5.44. The number of carbonyl (C=O) groups excluding carboxylic acids is 1. The topological polar surface area (TPSA) is 66.9 Å². The van der Waals surface area contributed by atoms with Crippen molar-refractivity contribution in [2.75, 3.05) is 10.6 Å². The molecule has 0 fully saturated rings. The molecule has 0 aliphatic carbocycles. The molecule has 5 heteroatoms. The summed E-state index contributed by atoms with van der Waals surface area (Å²) < 4.78 is 0. The van der Waals surface area contributed by atoms with Gasteiger partial charge in [-0.3, -0.25) is 4.79 Å². The lowest BCUT2D eigenvalue weighted by atomic mass is 10.1. The zero-order valence-electron chi connectivity index (χ0n) is 17.3. The average Bonchev–Trinajstić information content (AvgIpc) is 2.76. The van der Waals surface area contributed by atoms with Crippen molar-refractivity contribution in [2.45, 2.75) is 26.8 Å². The molecule has 3 aromatic carbocycles. The predicted octanol–water partition coefficient (Wildman–Crippen LogP) is 5.67. The second-order valence-corrected chi connectivity index (χ2v) is 7.48. The van der Waals surface area contributed by atoms with Crippen molar-refractivity contribution in [3.8, 4) is 0 Å². The maximum atomic E-state index is 12.7. The van der Waals surface area contributed by atoms with E-state index in [-0.39, 0.29) is 11.9 Å². The van der Waals surface area contributed by atoms with Crippen LogP contribution in [-0.4, -0.2) is 15.9 Å². The highest BCUT2D eigenvalue weighted by molar-refractivity contribution is 6.04. The van der Waals surface area contributed by atoms with Crippen molar-refractivity contribution < 1.29 is 4.79 Å². The standard InChI is InChI=1S/C25H24N4O/c1-16-11-12-20(13-17(16)2)25(30)29-21-8-6-7-19(14-21)18(3)28-24-22-9-4-5-10-23(22)26-15-27-24/h4-15,18H,1-3H3,(H,29,30)(H,26,27,28)/t18-/m1/s1. The Hall–Kier alpha value is -3.73. The van der Waals surface area contributed by atoms with Crippen LogP contribution in [0.4, 0.5) is 11.5 Å². The smallest absolute Gasteiger partial charge is 0.255 e. The minimum Gasteiger partial charge on any atom is -0.363 e. The lowest BCUT2D eigenvalue weighted by Crippen LogP contribution is -2.13. The van der Waals surface area contributed by atoms with E-state index in [2.05, 4.69) is 27.5 Å². The summed E-state index contributed by atoms with van der Waals surface area (Å²) in [4.78, 5) is 21.4. The summed E-state index contributed by atoms with van der Waals surface area (Å²) in [6, 6.07) is 21.5. The van der Waals surface area contributed by atoms with Crippen LogP contribution in [0.25, 0.3) is 10.9 Å². The fourth-order valence-corrected chi connectivity index (χ4v) is 3.38. The van der Waals surface area contributed by atoms with Gasteiger partial charge in [-0.25, -0.2) is 9.97 Å². The van der Waals surface area contributed by atoms with Crippen molar-refractivity contribution in [3.63, 3.8) is 0 Å². The average molecular weight is 396 g/mol. The minimum absolute atomic E-state index is 0.00165. The molecule has 0 spiro atoms. The van der Waals surface area contributed by atoms with Gasteiger partial charge < -0.3 is 10.6 Å². The number of fused-ring (bicyclic) bond motifs is 1. The summed E-state index contributed by atoms with van der Waals surface area (Å²) in [5.41, 5.74) is 5.64. The number of hydrogen-bond donors (Lipinski definition) is 2. The monoisotopic (exact) mass is 396 g/mol. The van der Waals surface area contributed by atoms with Gasteiger partial charge in [-0.2, -0.15) is 0 Å². The molecule has 0 radical (unpaired) electrons. The molecular weight excluding hydrogens is 372 g/mol. The summed E-state index contributed by atoms with van der Waals surface area (Å²) in [7, 11) is 0. The molecule has 2 N–H and O–H groups in total. The van der Waals surface area contributed by atoms with Crippen molar-refractivity contribution in [1.82, 2.24) is 9.97 Å². The molecule has 0 aliphatic heterocycles. The highest BCUT2D eigenvalue weighted by Gasteiger charge is 2.12. The molecule has 1 atom stereocenters. The summed E-state index contributed by atoms with van der Waals surface area (Å²) in [5.74, 6) is 0.676. The summed E-state index contributed by atoms with van der Waals surface area (Å²) in [6.07, 6.45) is 1.57. The van der Waals surface area contributed by atoms with Crippen LogP contribution >= 0.6 is 0 Å². The molecule has 0 saturated carbocycles. The first-order chi connectivity index (χ1) is 14.5. The van der Waals surface area contributed by atoms with E-state index in [1.807, 2.05) is 80.6 Å². The SMILES string of the molecule is Cc1ccc(C(=O)Nc2cccc([C@@H](C)Nc3ncnc4ccccc34)c2)cc1C. The number of amides is 1. The highest BCUT2D eigenvalue weighted by Crippen LogP contribution is 2.25. The van der Waals surface area contributed by atoms with Gasteiger partial charge in [0, 0.05) is 16.6 Å². The molecular formula is C25H24N4O.